The minimum atomic E-state index is -0.234. The first kappa shape index (κ1) is 17.3. The number of ketones is 1. The Morgan fingerprint density at radius 1 is 1.26 bits per heavy atom. The number of rotatable bonds is 5. The first-order valence-corrected chi connectivity index (χ1v) is 8.99. The summed E-state index contributed by atoms with van der Waals surface area (Å²) in [5.41, 5.74) is 0. The predicted octanol–water partition coefficient (Wildman–Crippen LogP) is 1.99. The van der Waals surface area contributed by atoms with E-state index in [0.29, 0.717) is 37.0 Å². The van der Waals surface area contributed by atoms with Gasteiger partial charge in [0.05, 0.1) is 6.54 Å². The summed E-state index contributed by atoms with van der Waals surface area (Å²) in [7, 11) is 1.80. The normalized spacial score (nSPS) is 17.2. The second-order valence-electron chi connectivity index (χ2n) is 6.79. The molecule has 27 heavy (non-hydrogen) atoms. The van der Waals surface area contributed by atoms with E-state index in [1.165, 1.54) is 0 Å². The predicted molar refractivity (Wildman–Crippen MR) is 96.2 cm³/mol. The maximum Gasteiger partial charge on any atom is 0.289 e. The summed E-state index contributed by atoms with van der Waals surface area (Å²) in [6, 6.07) is 5.31. The maximum atomic E-state index is 12.8. The molecule has 1 saturated heterocycles. The summed E-state index contributed by atoms with van der Waals surface area (Å²) in [6.45, 7) is 1.48. The van der Waals surface area contributed by atoms with Crippen molar-refractivity contribution in [2.45, 2.75) is 19.4 Å². The van der Waals surface area contributed by atoms with Crippen molar-refractivity contribution in [2.75, 3.05) is 13.1 Å². The molecule has 4 heterocycles. The number of aryl methyl sites for hydroxylation is 1. The van der Waals surface area contributed by atoms with Gasteiger partial charge in [0, 0.05) is 50.8 Å². The molecule has 1 amide bonds. The molecule has 0 N–H and O–H groups in total. The molecule has 1 aliphatic heterocycles. The lowest BCUT2D eigenvalue weighted by Gasteiger charge is -2.31. The molecule has 0 unspecified atom stereocenters. The highest BCUT2D eigenvalue weighted by Crippen LogP contribution is 2.22. The Balaban J connectivity index is 1.43. The van der Waals surface area contributed by atoms with Crippen LogP contribution in [0.15, 0.2) is 47.4 Å². The molecule has 0 aromatic carbocycles. The zero-order valence-electron chi connectivity index (χ0n) is 15.1. The number of carbonyl (C=O) groups excluding carboxylic acids is 2. The van der Waals surface area contributed by atoms with E-state index in [-0.39, 0.29) is 17.6 Å². The van der Waals surface area contributed by atoms with E-state index in [9.17, 15) is 9.59 Å². The number of imidazole rings is 1. The second kappa shape index (κ2) is 7.22. The fourth-order valence-electron chi connectivity index (χ4n) is 3.45. The summed E-state index contributed by atoms with van der Waals surface area (Å²) in [5, 5.41) is 4.13. The summed E-state index contributed by atoms with van der Waals surface area (Å²) in [6.07, 6.45) is 8.45. The van der Waals surface area contributed by atoms with Crippen LogP contribution in [0.5, 0.6) is 0 Å². The fraction of sp³-hybridized carbons (Fsp3) is 0.368. The molecule has 8 heteroatoms. The van der Waals surface area contributed by atoms with E-state index in [1.54, 1.807) is 51.9 Å². The van der Waals surface area contributed by atoms with Crippen molar-refractivity contribution in [3.63, 3.8) is 0 Å². The van der Waals surface area contributed by atoms with Crippen LogP contribution in [0.3, 0.4) is 0 Å². The lowest BCUT2D eigenvalue weighted by Crippen LogP contribution is -2.42. The van der Waals surface area contributed by atoms with E-state index < -0.39 is 0 Å². The first-order valence-electron chi connectivity index (χ1n) is 8.99. The van der Waals surface area contributed by atoms with Crippen molar-refractivity contribution in [3.05, 3.63) is 60.3 Å². The quantitative estimate of drug-likeness (QED) is 0.644. The van der Waals surface area contributed by atoms with E-state index in [2.05, 4.69) is 10.1 Å². The van der Waals surface area contributed by atoms with Crippen LogP contribution >= 0.6 is 0 Å². The van der Waals surface area contributed by atoms with Gasteiger partial charge in [-0.15, -0.1) is 0 Å². The number of hydrogen-bond acceptors (Lipinski definition) is 5. The molecular formula is C19H21N5O3. The third kappa shape index (κ3) is 3.55. The average molecular weight is 367 g/mol. The molecule has 3 aromatic rings. The number of furan rings is 1. The van der Waals surface area contributed by atoms with Gasteiger partial charge in [-0.3, -0.25) is 14.3 Å². The van der Waals surface area contributed by atoms with E-state index in [4.69, 9.17) is 4.42 Å². The molecule has 0 aliphatic carbocycles. The fourth-order valence-corrected chi connectivity index (χ4v) is 3.45. The van der Waals surface area contributed by atoms with Crippen LogP contribution in [-0.2, 0) is 13.6 Å². The molecule has 0 bridgehead atoms. The molecule has 0 radical (unpaired) electrons. The van der Waals surface area contributed by atoms with Gasteiger partial charge >= 0.3 is 0 Å². The third-order valence-electron chi connectivity index (χ3n) is 4.87. The second-order valence-corrected chi connectivity index (χ2v) is 6.79. The van der Waals surface area contributed by atoms with Gasteiger partial charge in [0.25, 0.3) is 5.91 Å². The molecule has 4 rings (SSSR count). The van der Waals surface area contributed by atoms with Crippen molar-refractivity contribution in [3.8, 4) is 0 Å². The standard InChI is InChI=1S/C19H21N5O3/c1-22-11-8-20-18(22)17(25)14-4-2-9-23(12-14)19(26)16-6-5-15(27-16)13-24-10-3-7-21-24/h3,5-8,10-11,14H,2,4,9,12-13H2,1H3/t14-/m1/s1. The highest BCUT2D eigenvalue weighted by atomic mass is 16.4. The summed E-state index contributed by atoms with van der Waals surface area (Å²) in [4.78, 5) is 31.4. The zero-order valence-corrected chi connectivity index (χ0v) is 15.1. The molecule has 1 aliphatic rings. The highest BCUT2D eigenvalue weighted by molar-refractivity contribution is 5.96. The lowest BCUT2D eigenvalue weighted by atomic mass is 9.93. The molecule has 1 fully saturated rings. The minimum Gasteiger partial charge on any atom is -0.454 e. The Labute approximate surface area is 156 Å². The number of hydrogen-bond donors (Lipinski definition) is 0. The Bertz CT molecular complexity index is 940. The van der Waals surface area contributed by atoms with Crippen LogP contribution < -0.4 is 0 Å². The van der Waals surface area contributed by atoms with Crippen LogP contribution in [0.1, 0.15) is 39.8 Å². The first-order chi connectivity index (χ1) is 13.1. The van der Waals surface area contributed by atoms with Crippen molar-refractivity contribution in [1.29, 1.82) is 0 Å². The number of likely N-dealkylation sites (tertiary alicyclic amines) is 1. The summed E-state index contributed by atoms with van der Waals surface area (Å²) in [5.74, 6) is 0.968. The van der Waals surface area contributed by atoms with Crippen LogP contribution in [0.4, 0.5) is 0 Å². The lowest BCUT2D eigenvalue weighted by molar-refractivity contribution is 0.0605. The van der Waals surface area contributed by atoms with Gasteiger partial charge < -0.3 is 13.9 Å². The van der Waals surface area contributed by atoms with Crippen LogP contribution in [0.25, 0.3) is 0 Å². The zero-order chi connectivity index (χ0) is 18.8. The van der Waals surface area contributed by atoms with E-state index in [1.807, 2.05) is 12.3 Å². The Morgan fingerprint density at radius 2 is 2.15 bits per heavy atom. The summed E-state index contributed by atoms with van der Waals surface area (Å²) >= 11 is 0. The topological polar surface area (TPSA) is 86.2 Å². The molecule has 0 spiro atoms. The molecule has 8 nitrogen and oxygen atoms in total. The minimum absolute atomic E-state index is 0.0150. The maximum absolute atomic E-state index is 12.8. The Kier molecular flexibility index (Phi) is 4.62. The van der Waals surface area contributed by atoms with Crippen LogP contribution in [0.2, 0.25) is 0 Å². The largest absolute Gasteiger partial charge is 0.454 e. The average Bonchev–Trinajstić information content (AvgIpc) is 3.44. The SMILES string of the molecule is Cn1ccnc1C(=O)[C@@H]1CCCN(C(=O)c2ccc(Cn3cccn3)o2)C1. The van der Waals surface area contributed by atoms with Gasteiger partial charge in [-0.2, -0.15) is 5.10 Å². The van der Waals surface area contributed by atoms with Gasteiger partial charge in [-0.1, -0.05) is 0 Å². The van der Waals surface area contributed by atoms with Gasteiger partial charge in [0.2, 0.25) is 5.78 Å². The number of piperidine rings is 1. The van der Waals surface area contributed by atoms with Gasteiger partial charge in [-0.25, -0.2) is 4.98 Å². The van der Waals surface area contributed by atoms with Crippen molar-refractivity contribution >= 4 is 11.7 Å². The molecule has 1 atom stereocenters. The van der Waals surface area contributed by atoms with Gasteiger partial charge in [0.1, 0.15) is 5.76 Å². The number of Topliss-reactive ketones (excluding diaryl/α,β-unsaturated/α-hetero) is 1. The number of amides is 1. The van der Waals surface area contributed by atoms with Crippen molar-refractivity contribution in [1.82, 2.24) is 24.2 Å². The Hall–Kier alpha value is -3.16. The summed E-state index contributed by atoms with van der Waals surface area (Å²) < 4.78 is 9.16. The number of nitrogens with zero attached hydrogens (tertiary/aromatic N) is 5. The highest BCUT2D eigenvalue weighted by Gasteiger charge is 2.32. The van der Waals surface area contributed by atoms with Crippen LogP contribution in [0, 0.1) is 5.92 Å². The van der Waals surface area contributed by atoms with Crippen molar-refractivity contribution in [2.24, 2.45) is 13.0 Å². The Morgan fingerprint density at radius 3 is 2.89 bits per heavy atom. The third-order valence-corrected chi connectivity index (χ3v) is 4.87. The van der Waals surface area contributed by atoms with Gasteiger partial charge in [-0.05, 0) is 31.0 Å². The van der Waals surface area contributed by atoms with Crippen molar-refractivity contribution < 1.29 is 14.0 Å². The van der Waals surface area contributed by atoms with E-state index in [0.717, 1.165) is 12.8 Å². The van der Waals surface area contributed by atoms with Gasteiger partial charge in [0.15, 0.2) is 11.6 Å². The smallest absolute Gasteiger partial charge is 0.289 e. The molecule has 140 valence electrons. The number of carbonyl (C=O) groups is 2. The monoisotopic (exact) mass is 367 g/mol. The molecule has 3 aromatic heterocycles. The van der Waals surface area contributed by atoms with Crippen LogP contribution in [-0.4, -0.2) is 49.0 Å². The molecule has 0 saturated carbocycles. The molecular weight excluding hydrogens is 346 g/mol. The van der Waals surface area contributed by atoms with E-state index >= 15 is 0 Å². The number of aromatic nitrogens is 4.